The van der Waals surface area contributed by atoms with Gasteiger partial charge in [-0.2, -0.15) is 0 Å². The van der Waals surface area contributed by atoms with Gasteiger partial charge in [0.1, 0.15) is 0 Å². The molecule has 1 aliphatic heterocycles. The molecule has 0 saturated heterocycles. The minimum absolute atomic E-state index is 0.128. The van der Waals surface area contributed by atoms with Gasteiger partial charge in [0.2, 0.25) is 5.91 Å². The maximum absolute atomic E-state index is 12.1. The predicted molar refractivity (Wildman–Crippen MR) is 65.7 cm³/mol. The number of nitro benzene ring substituents is 1. The van der Waals surface area contributed by atoms with E-state index in [1.54, 1.807) is 6.07 Å². The van der Waals surface area contributed by atoms with Crippen LogP contribution in [0.2, 0.25) is 0 Å². The van der Waals surface area contributed by atoms with Crippen molar-refractivity contribution in [1.29, 1.82) is 0 Å². The van der Waals surface area contributed by atoms with E-state index in [1.807, 2.05) is 0 Å². The lowest BCUT2D eigenvalue weighted by Crippen LogP contribution is -2.50. The van der Waals surface area contributed by atoms with E-state index in [9.17, 15) is 19.7 Å². The minimum Gasteiger partial charge on any atom is -0.292 e. The first-order valence-corrected chi connectivity index (χ1v) is 6.19. The molecular formula is C13H12N2O4. The fraction of sp³-hybridized carbons (Fsp3) is 0.385. The lowest BCUT2D eigenvalue weighted by Gasteiger charge is -2.33. The number of hydrogen-bond acceptors (Lipinski definition) is 4. The monoisotopic (exact) mass is 260 g/mol. The highest BCUT2D eigenvalue weighted by Crippen LogP contribution is 2.45. The molecule has 2 amide bonds. The van der Waals surface area contributed by atoms with Gasteiger partial charge in [-0.1, -0.05) is 18.9 Å². The fourth-order valence-corrected chi connectivity index (χ4v) is 3.14. The molecule has 1 aromatic carbocycles. The highest BCUT2D eigenvalue weighted by atomic mass is 16.6. The highest BCUT2D eigenvalue weighted by Gasteiger charge is 2.48. The van der Waals surface area contributed by atoms with Crippen molar-refractivity contribution in [2.24, 2.45) is 0 Å². The number of carbonyl (C=O) groups is 2. The van der Waals surface area contributed by atoms with Crippen LogP contribution in [0, 0.1) is 10.1 Å². The van der Waals surface area contributed by atoms with Crippen LogP contribution >= 0.6 is 0 Å². The Morgan fingerprint density at radius 1 is 1.21 bits per heavy atom. The van der Waals surface area contributed by atoms with Crippen LogP contribution in [-0.4, -0.2) is 16.7 Å². The van der Waals surface area contributed by atoms with Gasteiger partial charge < -0.3 is 0 Å². The summed E-state index contributed by atoms with van der Waals surface area (Å²) in [4.78, 5) is 34.2. The van der Waals surface area contributed by atoms with Crippen molar-refractivity contribution in [3.05, 3.63) is 39.4 Å². The van der Waals surface area contributed by atoms with Gasteiger partial charge in [0, 0.05) is 12.1 Å². The van der Waals surface area contributed by atoms with Gasteiger partial charge in [-0.3, -0.25) is 25.0 Å². The summed E-state index contributed by atoms with van der Waals surface area (Å²) >= 11 is 0. The first kappa shape index (κ1) is 11.8. The SMILES string of the molecule is O=C1NC(=O)C2(CCCC2)c2ccc([N+](=O)[O-])cc21. The van der Waals surface area contributed by atoms with Crippen LogP contribution in [-0.2, 0) is 10.2 Å². The van der Waals surface area contributed by atoms with E-state index in [-0.39, 0.29) is 17.2 Å². The number of nitrogens with one attached hydrogen (secondary N) is 1. The molecule has 1 aromatic rings. The number of fused-ring (bicyclic) bond motifs is 2. The molecule has 1 N–H and O–H groups in total. The van der Waals surface area contributed by atoms with Crippen molar-refractivity contribution < 1.29 is 14.5 Å². The van der Waals surface area contributed by atoms with Crippen molar-refractivity contribution in [1.82, 2.24) is 5.32 Å². The molecule has 1 aliphatic carbocycles. The van der Waals surface area contributed by atoms with Crippen LogP contribution in [0.1, 0.15) is 41.6 Å². The summed E-state index contributed by atoms with van der Waals surface area (Å²) in [6, 6.07) is 4.19. The van der Waals surface area contributed by atoms with E-state index in [2.05, 4.69) is 5.32 Å². The molecule has 1 heterocycles. The summed E-state index contributed by atoms with van der Waals surface area (Å²) in [5.41, 5.74) is 0.106. The summed E-state index contributed by atoms with van der Waals surface area (Å²) in [5.74, 6) is -0.808. The third-order valence-electron chi connectivity index (χ3n) is 4.09. The first-order valence-electron chi connectivity index (χ1n) is 6.19. The van der Waals surface area contributed by atoms with Crippen LogP contribution in [0.25, 0.3) is 0 Å². The first-order chi connectivity index (χ1) is 9.04. The molecule has 6 nitrogen and oxygen atoms in total. The van der Waals surface area contributed by atoms with Crippen LogP contribution in [0.5, 0.6) is 0 Å². The van der Waals surface area contributed by atoms with Gasteiger partial charge >= 0.3 is 0 Å². The van der Waals surface area contributed by atoms with Crippen LogP contribution in [0.4, 0.5) is 5.69 Å². The quantitative estimate of drug-likeness (QED) is 0.472. The van der Waals surface area contributed by atoms with Gasteiger partial charge in [-0.05, 0) is 18.4 Å². The molecule has 1 saturated carbocycles. The number of nitrogens with zero attached hydrogens (tertiary/aromatic N) is 1. The second kappa shape index (κ2) is 3.88. The lowest BCUT2D eigenvalue weighted by molar-refractivity contribution is -0.384. The van der Waals surface area contributed by atoms with Crippen LogP contribution in [0.3, 0.4) is 0 Å². The van der Waals surface area contributed by atoms with E-state index >= 15 is 0 Å². The van der Waals surface area contributed by atoms with E-state index in [1.165, 1.54) is 12.1 Å². The Bertz CT molecular complexity index is 603. The summed E-state index contributed by atoms with van der Waals surface area (Å²) in [6.45, 7) is 0. The largest absolute Gasteiger partial charge is 0.292 e. The number of rotatable bonds is 1. The molecule has 0 radical (unpaired) electrons. The molecule has 19 heavy (non-hydrogen) atoms. The van der Waals surface area contributed by atoms with Crippen molar-refractivity contribution >= 4 is 17.5 Å². The highest BCUT2D eigenvalue weighted by molar-refractivity contribution is 6.13. The molecule has 98 valence electrons. The van der Waals surface area contributed by atoms with Gasteiger partial charge in [0.05, 0.1) is 15.9 Å². The number of benzene rings is 1. The van der Waals surface area contributed by atoms with E-state index in [0.29, 0.717) is 18.4 Å². The molecule has 3 rings (SSSR count). The Labute approximate surface area is 109 Å². The summed E-state index contributed by atoms with van der Waals surface area (Å²) in [6.07, 6.45) is 3.24. The Kier molecular flexibility index (Phi) is 2.41. The van der Waals surface area contributed by atoms with Gasteiger partial charge in [0.25, 0.3) is 11.6 Å². The average molecular weight is 260 g/mol. The lowest BCUT2D eigenvalue weighted by atomic mass is 9.73. The number of carbonyl (C=O) groups excluding carboxylic acids is 2. The molecule has 0 aromatic heterocycles. The van der Waals surface area contributed by atoms with Gasteiger partial charge in [-0.15, -0.1) is 0 Å². The molecule has 0 unspecified atom stereocenters. The maximum Gasteiger partial charge on any atom is 0.270 e. The maximum atomic E-state index is 12.1. The molecule has 6 heteroatoms. The van der Waals surface area contributed by atoms with Gasteiger partial charge in [-0.25, -0.2) is 0 Å². The standard InChI is InChI=1S/C13H12N2O4/c16-11-9-7-8(15(18)19)3-4-10(9)13(12(17)14-11)5-1-2-6-13/h3-4,7H,1-2,5-6H2,(H,14,16,17). The Balaban J connectivity index is 2.20. The number of hydrogen-bond donors (Lipinski definition) is 1. The average Bonchev–Trinajstić information content (AvgIpc) is 2.86. The molecule has 0 atom stereocenters. The summed E-state index contributed by atoms with van der Waals surface area (Å²) < 4.78 is 0. The third kappa shape index (κ3) is 1.56. The summed E-state index contributed by atoms with van der Waals surface area (Å²) in [5, 5.41) is 13.1. The molecule has 0 bridgehead atoms. The van der Waals surface area contributed by atoms with Crippen LogP contribution in [0.15, 0.2) is 18.2 Å². The Morgan fingerprint density at radius 2 is 1.89 bits per heavy atom. The summed E-state index contributed by atoms with van der Waals surface area (Å²) in [7, 11) is 0. The fourth-order valence-electron chi connectivity index (χ4n) is 3.14. The van der Waals surface area contributed by atoms with Crippen molar-refractivity contribution in [2.45, 2.75) is 31.1 Å². The van der Waals surface area contributed by atoms with Crippen molar-refractivity contribution in [3.8, 4) is 0 Å². The second-order valence-corrected chi connectivity index (χ2v) is 5.06. The second-order valence-electron chi connectivity index (χ2n) is 5.06. The number of amides is 2. The molecule has 1 spiro atoms. The molecule has 1 fully saturated rings. The number of nitro groups is 1. The zero-order valence-corrected chi connectivity index (χ0v) is 10.1. The van der Waals surface area contributed by atoms with Crippen molar-refractivity contribution in [3.63, 3.8) is 0 Å². The Morgan fingerprint density at radius 3 is 2.53 bits per heavy atom. The zero-order valence-electron chi connectivity index (χ0n) is 10.1. The topological polar surface area (TPSA) is 89.3 Å². The molecule has 2 aliphatic rings. The van der Waals surface area contributed by atoms with E-state index < -0.39 is 16.2 Å². The predicted octanol–water partition coefficient (Wildman–Crippen LogP) is 1.68. The number of imide groups is 1. The zero-order chi connectivity index (χ0) is 13.6. The Hall–Kier alpha value is -2.24. The van der Waals surface area contributed by atoms with E-state index in [4.69, 9.17) is 0 Å². The van der Waals surface area contributed by atoms with E-state index in [0.717, 1.165) is 12.8 Å². The van der Waals surface area contributed by atoms with Gasteiger partial charge in [0.15, 0.2) is 0 Å². The normalized spacial score (nSPS) is 20.2. The number of non-ortho nitro benzene ring substituents is 1. The van der Waals surface area contributed by atoms with Crippen LogP contribution < -0.4 is 5.32 Å². The molecular weight excluding hydrogens is 248 g/mol. The third-order valence-corrected chi connectivity index (χ3v) is 4.09. The minimum atomic E-state index is -0.668. The smallest absolute Gasteiger partial charge is 0.270 e. The van der Waals surface area contributed by atoms with Crippen molar-refractivity contribution in [2.75, 3.05) is 0 Å².